The SMILES string of the molecule is O=C(O)C(=O)NCc1ccc(Cl)nc1. The van der Waals surface area contributed by atoms with Gasteiger partial charge >= 0.3 is 11.9 Å². The Labute approximate surface area is 84.7 Å². The highest BCUT2D eigenvalue weighted by Crippen LogP contribution is 2.04. The molecule has 1 aromatic rings. The van der Waals surface area contributed by atoms with Crippen molar-refractivity contribution in [2.24, 2.45) is 0 Å². The number of hydrogen-bond acceptors (Lipinski definition) is 3. The topological polar surface area (TPSA) is 79.3 Å². The van der Waals surface area contributed by atoms with E-state index in [0.717, 1.165) is 0 Å². The van der Waals surface area contributed by atoms with Crippen LogP contribution in [0.2, 0.25) is 5.15 Å². The molecule has 0 fully saturated rings. The van der Waals surface area contributed by atoms with E-state index in [9.17, 15) is 9.59 Å². The molecule has 1 aromatic heterocycles. The Hall–Kier alpha value is -1.62. The fraction of sp³-hybridized carbons (Fsp3) is 0.125. The number of nitrogens with one attached hydrogen (secondary N) is 1. The van der Waals surface area contributed by atoms with Crippen molar-refractivity contribution < 1.29 is 14.7 Å². The third-order valence-electron chi connectivity index (χ3n) is 1.44. The first kappa shape index (κ1) is 10.5. The molecule has 0 aromatic carbocycles. The van der Waals surface area contributed by atoms with E-state index < -0.39 is 11.9 Å². The number of amides is 1. The minimum Gasteiger partial charge on any atom is -0.474 e. The van der Waals surface area contributed by atoms with Gasteiger partial charge in [0, 0.05) is 12.7 Å². The van der Waals surface area contributed by atoms with E-state index in [1.807, 2.05) is 0 Å². The van der Waals surface area contributed by atoms with Gasteiger partial charge in [0.05, 0.1) is 0 Å². The molecule has 0 radical (unpaired) electrons. The number of pyridine rings is 1. The summed E-state index contributed by atoms with van der Waals surface area (Å²) in [5, 5.41) is 10.8. The van der Waals surface area contributed by atoms with Crippen LogP contribution < -0.4 is 5.32 Å². The summed E-state index contributed by atoms with van der Waals surface area (Å²) in [5.74, 6) is -2.55. The van der Waals surface area contributed by atoms with Gasteiger partial charge in [-0.2, -0.15) is 0 Å². The number of carboxylic acid groups (broad SMARTS) is 1. The lowest BCUT2D eigenvalue weighted by molar-refractivity contribution is -0.150. The molecule has 0 unspecified atom stereocenters. The summed E-state index contributed by atoms with van der Waals surface area (Å²) >= 11 is 5.53. The number of halogens is 1. The zero-order valence-corrected chi connectivity index (χ0v) is 7.78. The van der Waals surface area contributed by atoms with Crippen molar-refractivity contribution in [1.29, 1.82) is 0 Å². The first-order valence-electron chi connectivity index (χ1n) is 3.71. The number of carbonyl (C=O) groups excluding carboxylic acids is 1. The van der Waals surface area contributed by atoms with Crippen LogP contribution in [-0.4, -0.2) is 22.0 Å². The van der Waals surface area contributed by atoms with Crippen LogP contribution in [0.3, 0.4) is 0 Å². The second-order valence-electron chi connectivity index (χ2n) is 2.48. The summed E-state index contributed by atoms with van der Waals surface area (Å²) in [5.41, 5.74) is 0.684. The van der Waals surface area contributed by atoms with Crippen LogP contribution in [0.5, 0.6) is 0 Å². The number of hydrogen-bond donors (Lipinski definition) is 2. The maximum absolute atomic E-state index is 10.6. The molecule has 14 heavy (non-hydrogen) atoms. The Kier molecular flexibility index (Phi) is 3.41. The summed E-state index contributed by atoms with van der Waals surface area (Å²) in [6, 6.07) is 3.21. The van der Waals surface area contributed by atoms with Crippen molar-refractivity contribution in [3.8, 4) is 0 Å². The lowest BCUT2D eigenvalue weighted by atomic mass is 10.3. The molecule has 0 spiro atoms. The number of aliphatic carboxylic acids is 1. The Morgan fingerprint density at radius 2 is 2.21 bits per heavy atom. The van der Waals surface area contributed by atoms with Crippen molar-refractivity contribution in [3.05, 3.63) is 29.0 Å². The largest absolute Gasteiger partial charge is 0.474 e. The molecule has 0 saturated carbocycles. The summed E-state index contributed by atoms with van der Waals surface area (Å²) in [6.07, 6.45) is 1.46. The Bertz CT molecular complexity index is 350. The highest BCUT2D eigenvalue weighted by molar-refractivity contribution is 6.31. The lowest BCUT2D eigenvalue weighted by Crippen LogP contribution is -2.30. The van der Waals surface area contributed by atoms with E-state index in [1.165, 1.54) is 6.20 Å². The predicted octanol–water partition coefficient (Wildman–Crippen LogP) is 0.436. The van der Waals surface area contributed by atoms with Crippen molar-refractivity contribution in [2.45, 2.75) is 6.54 Å². The fourth-order valence-corrected chi connectivity index (χ4v) is 0.881. The molecule has 0 aliphatic heterocycles. The first-order chi connectivity index (χ1) is 6.59. The predicted molar refractivity (Wildman–Crippen MR) is 48.7 cm³/mol. The molecule has 5 nitrogen and oxygen atoms in total. The van der Waals surface area contributed by atoms with Gasteiger partial charge in [0.1, 0.15) is 5.15 Å². The summed E-state index contributed by atoms with van der Waals surface area (Å²) in [4.78, 5) is 24.5. The van der Waals surface area contributed by atoms with Crippen molar-refractivity contribution in [3.63, 3.8) is 0 Å². The van der Waals surface area contributed by atoms with Gasteiger partial charge in [0.25, 0.3) is 0 Å². The third-order valence-corrected chi connectivity index (χ3v) is 1.66. The molecule has 1 amide bonds. The van der Waals surface area contributed by atoms with Crippen LogP contribution in [0.15, 0.2) is 18.3 Å². The smallest absolute Gasteiger partial charge is 0.394 e. The number of aromatic nitrogens is 1. The second-order valence-corrected chi connectivity index (χ2v) is 2.86. The van der Waals surface area contributed by atoms with Gasteiger partial charge < -0.3 is 10.4 Å². The van der Waals surface area contributed by atoms with Crippen molar-refractivity contribution in [1.82, 2.24) is 10.3 Å². The molecule has 1 rings (SSSR count). The first-order valence-corrected chi connectivity index (χ1v) is 4.09. The van der Waals surface area contributed by atoms with E-state index in [2.05, 4.69) is 10.3 Å². The average Bonchev–Trinajstić information content (AvgIpc) is 2.16. The molecular weight excluding hydrogens is 208 g/mol. The van der Waals surface area contributed by atoms with E-state index in [1.54, 1.807) is 12.1 Å². The number of nitrogens with zero attached hydrogens (tertiary/aromatic N) is 1. The molecule has 0 bridgehead atoms. The maximum Gasteiger partial charge on any atom is 0.394 e. The molecule has 74 valence electrons. The molecule has 0 aliphatic rings. The summed E-state index contributed by atoms with van der Waals surface area (Å²) in [7, 11) is 0. The fourth-order valence-electron chi connectivity index (χ4n) is 0.769. The monoisotopic (exact) mass is 214 g/mol. The number of carboxylic acids is 1. The lowest BCUT2D eigenvalue weighted by Gasteiger charge is -2.01. The Balaban J connectivity index is 2.50. The number of rotatable bonds is 2. The van der Waals surface area contributed by atoms with E-state index in [-0.39, 0.29) is 6.54 Å². The molecule has 0 aliphatic carbocycles. The van der Waals surface area contributed by atoms with Crippen LogP contribution in [0, 0.1) is 0 Å². The minimum atomic E-state index is -1.51. The highest BCUT2D eigenvalue weighted by atomic mass is 35.5. The van der Waals surface area contributed by atoms with Crippen LogP contribution in [-0.2, 0) is 16.1 Å². The highest BCUT2D eigenvalue weighted by Gasteiger charge is 2.09. The standard InChI is InChI=1S/C8H7ClN2O3/c9-6-2-1-5(3-10-6)4-11-7(12)8(13)14/h1-3H,4H2,(H,11,12)(H,13,14). The second kappa shape index (κ2) is 4.57. The van der Waals surface area contributed by atoms with Gasteiger partial charge in [-0.05, 0) is 11.6 Å². The van der Waals surface area contributed by atoms with Gasteiger partial charge in [-0.15, -0.1) is 0 Å². The molecular formula is C8H7ClN2O3. The van der Waals surface area contributed by atoms with Gasteiger partial charge in [-0.3, -0.25) is 4.79 Å². The third kappa shape index (κ3) is 3.02. The van der Waals surface area contributed by atoms with Crippen molar-refractivity contribution >= 4 is 23.5 Å². The quantitative estimate of drug-likeness (QED) is 0.553. The molecule has 2 N–H and O–H groups in total. The van der Waals surface area contributed by atoms with Gasteiger partial charge in [-0.25, -0.2) is 9.78 Å². The van der Waals surface area contributed by atoms with Crippen molar-refractivity contribution in [2.75, 3.05) is 0 Å². The van der Waals surface area contributed by atoms with E-state index in [0.29, 0.717) is 10.7 Å². The van der Waals surface area contributed by atoms with E-state index >= 15 is 0 Å². The summed E-state index contributed by atoms with van der Waals surface area (Å²) < 4.78 is 0. The molecule has 6 heteroatoms. The summed E-state index contributed by atoms with van der Waals surface area (Å²) in [6.45, 7) is 0.120. The molecule has 0 saturated heterocycles. The Morgan fingerprint density at radius 1 is 1.50 bits per heavy atom. The van der Waals surface area contributed by atoms with Crippen LogP contribution >= 0.6 is 11.6 Å². The zero-order valence-electron chi connectivity index (χ0n) is 7.03. The zero-order chi connectivity index (χ0) is 10.6. The maximum atomic E-state index is 10.6. The molecule has 1 heterocycles. The van der Waals surface area contributed by atoms with Gasteiger partial charge in [0.15, 0.2) is 0 Å². The van der Waals surface area contributed by atoms with Gasteiger partial charge in [-0.1, -0.05) is 17.7 Å². The van der Waals surface area contributed by atoms with Crippen LogP contribution in [0.4, 0.5) is 0 Å². The van der Waals surface area contributed by atoms with Crippen LogP contribution in [0.1, 0.15) is 5.56 Å². The number of carbonyl (C=O) groups is 2. The normalized spacial score (nSPS) is 9.50. The Morgan fingerprint density at radius 3 is 2.71 bits per heavy atom. The van der Waals surface area contributed by atoms with Crippen LogP contribution in [0.25, 0.3) is 0 Å². The minimum absolute atomic E-state index is 0.120. The molecule has 0 atom stereocenters. The average molecular weight is 215 g/mol. The van der Waals surface area contributed by atoms with E-state index in [4.69, 9.17) is 16.7 Å². The van der Waals surface area contributed by atoms with Gasteiger partial charge in [0.2, 0.25) is 0 Å².